The zero-order valence-corrected chi connectivity index (χ0v) is 10.9. The fourth-order valence-corrected chi connectivity index (χ4v) is 2.11. The van der Waals surface area contributed by atoms with Gasteiger partial charge in [-0.3, -0.25) is 5.84 Å². The average molecular weight is 266 g/mol. The lowest BCUT2D eigenvalue weighted by atomic mass is 10.0. The van der Waals surface area contributed by atoms with Gasteiger partial charge in [0, 0.05) is 11.6 Å². The molecule has 0 spiro atoms. The fourth-order valence-electron chi connectivity index (χ4n) is 1.91. The van der Waals surface area contributed by atoms with Gasteiger partial charge in [-0.15, -0.1) is 5.10 Å². The highest BCUT2D eigenvalue weighted by Gasteiger charge is 2.17. The van der Waals surface area contributed by atoms with Crippen LogP contribution in [0.2, 0.25) is 5.02 Å². The predicted molar refractivity (Wildman–Crippen MR) is 70.9 cm³/mol. The maximum atomic E-state index is 6.00. The van der Waals surface area contributed by atoms with Gasteiger partial charge < -0.3 is 0 Å². The first kappa shape index (κ1) is 13.0. The molecule has 96 valence electrons. The van der Waals surface area contributed by atoms with E-state index in [2.05, 4.69) is 22.7 Å². The van der Waals surface area contributed by atoms with Crippen molar-refractivity contribution in [3.05, 3.63) is 46.7 Å². The Hall–Kier alpha value is -1.43. The molecule has 0 aliphatic rings. The summed E-state index contributed by atoms with van der Waals surface area (Å²) in [6.45, 7) is 2.91. The molecule has 1 atom stereocenters. The largest absolute Gasteiger partial charge is 0.271 e. The molecule has 1 aromatic carbocycles. The minimum Gasteiger partial charge on any atom is -0.271 e. The summed E-state index contributed by atoms with van der Waals surface area (Å²) in [6, 6.07) is 7.43. The number of hydrogen-bond donors (Lipinski definition) is 2. The molecule has 1 unspecified atom stereocenters. The van der Waals surface area contributed by atoms with E-state index in [0.29, 0.717) is 5.02 Å². The van der Waals surface area contributed by atoms with E-state index in [9.17, 15) is 0 Å². The van der Waals surface area contributed by atoms with Gasteiger partial charge in [0.15, 0.2) is 0 Å². The molecule has 0 saturated carbocycles. The number of aromatic nitrogens is 3. The van der Waals surface area contributed by atoms with E-state index in [1.54, 1.807) is 6.20 Å². The lowest BCUT2D eigenvalue weighted by Gasteiger charge is -2.17. The Morgan fingerprint density at radius 2 is 2.33 bits per heavy atom. The summed E-state index contributed by atoms with van der Waals surface area (Å²) in [5.74, 6) is 5.65. The third-order valence-corrected chi connectivity index (χ3v) is 2.96. The molecular formula is C12H16ClN5. The minimum absolute atomic E-state index is 0.162. The molecule has 0 bridgehead atoms. The molecule has 2 rings (SSSR count). The number of hydrazine groups is 1. The van der Waals surface area contributed by atoms with Crippen molar-refractivity contribution in [2.24, 2.45) is 5.84 Å². The highest BCUT2D eigenvalue weighted by Crippen LogP contribution is 2.23. The van der Waals surface area contributed by atoms with Crippen molar-refractivity contribution in [1.82, 2.24) is 20.4 Å². The summed E-state index contributed by atoms with van der Waals surface area (Å²) in [4.78, 5) is 0. The Labute approximate surface area is 111 Å². The molecule has 2 aromatic rings. The molecule has 1 aromatic heterocycles. The smallest absolute Gasteiger partial charge is 0.0895 e. The van der Waals surface area contributed by atoms with Gasteiger partial charge in [0.05, 0.1) is 17.9 Å². The molecule has 0 amide bonds. The van der Waals surface area contributed by atoms with Crippen LogP contribution in [-0.2, 0) is 6.54 Å². The van der Waals surface area contributed by atoms with Crippen LogP contribution in [0, 0.1) is 0 Å². The number of nitrogens with zero attached hydrogens (tertiary/aromatic N) is 3. The zero-order valence-electron chi connectivity index (χ0n) is 10.2. The van der Waals surface area contributed by atoms with Crippen LogP contribution in [0.25, 0.3) is 0 Å². The van der Waals surface area contributed by atoms with Crippen LogP contribution in [0.5, 0.6) is 0 Å². The summed E-state index contributed by atoms with van der Waals surface area (Å²) in [7, 11) is 0. The number of rotatable bonds is 5. The standard InChI is InChI=1S/C12H16ClN5/c1-2-6-18-11(8-15-17-18)12(16-14)9-4-3-5-10(13)7-9/h3-5,7-8,12,16H,2,6,14H2,1H3. The normalized spacial score (nSPS) is 12.6. The molecular weight excluding hydrogens is 250 g/mol. The van der Waals surface area contributed by atoms with Crippen LogP contribution < -0.4 is 11.3 Å². The van der Waals surface area contributed by atoms with Gasteiger partial charge in [0.25, 0.3) is 0 Å². The summed E-state index contributed by atoms with van der Waals surface area (Å²) in [5.41, 5.74) is 4.71. The lowest BCUT2D eigenvalue weighted by Crippen LogP contribution is -2.30. The molecule has 0 aliphatic carbocycles. The first-order chi connectivity index (χ1) is 8.76. The maximum absolute atomic E-state index is 6.00. The number of hydrogen-bond acceptors (Lipinski definition) is 4. The van der Waals surface area contributed by atoms with Gasteiger partial charge in [-0.1, -0.05) is 35.9 Å². The Bertz CT molecular complexity index is 511. The van der Waals surface area contributed by atoms with E-state index in [1.165, 1.54) is 0 Å². The van der Waals surface area contributed by atoms with Crippen molar-refractivity contribution in [3.8, 4) is 0 Å². The van der Waals surface area contributed by atoms with Gasteiger partial charge >= 0.3 is 0 Å². The second-order valence-electron chi connectivity index (χ2n) is 4.04. The van der Waals surface area contributed by atoms with Crippen molar-refractivity contribution in [1.29, 1.82) is 0 Å². The molecule has 6 heteroatoms. The second kappa shape index (κ2) is 5.95. The SMILES string of the molecule is CCCn1nncc1C(NN)c1cccc(Cl)c1. The van der Waals surface area contributed by atoms with Crippen LogP contribution in [0.3, 0.4) is 0 Å². The Morgan fingerprint density at radius 3 is 3.00 bits per heavy atom. The molecule has 1 heterocycles. The lowest BCUT2D eigenvalue weighted by molar-refractivity contribution is 0.512. The Kier molecular flexibility index (Phi) is 4.30. The van der Waals surface area contributed by atoms with Gasteiger partial charge in [0.1, 0.15) is 0 Å². The molecule has 0 saturated heterocycles. The van der Waals surface area contributed by atoms with Crippen LogP contribution >= 0.6 is 11.6 Å². The molecule has 5 nitrogen and oxygen atoms in total. The average Bonchev–Trinajstić information content (AvgIpc) is 2.79. The molecule has 0 fully saturated rings. The summed E-state index contributed by atoms with van der Waals surface area (Å²) < 4.78 is 1.85. The van der Waals surface area contributed by atoms with Crippen LogP contribution in [0.15, 0.2) is 30.5 Å². The monoisotopic (exact) mass is 265 g/mol. The number of nitrogens with two attached hydrogens (primary N) is 1. The van der Waals surface area contributed by atoms with E-state index in [4.69, 9.17) is 17.4 Å². The van der Waals surface area contributed by atoms with Crippen molar-refractivity contribution in [2.75, 3.05) is 0 Å². The first-order valence-electron chi connectivity index (χ1n) is 5.86. The third-order valence-electron chi connectivity index (χ3n) is 2.73. The van der Waals surface area contributed by atoms with Gasteiger partial charge in [-0.05, 0) is 24.1 Å². The van der Waals surface area contributed by atoms with Crippen LogP contribution in [0.1, 0.15) is 30.6 Å². The number of halogens is 1. The van der Waals surface area contributed by atoms with Crippen LogP contribution in [0.4, 0.5) is 0 Å². The summed E-state index contributed by atoms with van der Waals surface area (Å²) in [5, 5.41) is 8.69. The van der Waals surface area contributed by atoms with Gasteiger partial charge in [-0.2, -0.15) is 0 Å². The zero-order chi connectivity index (χ0) is 13.0. The van der Waals surface area contributed by atoms with Crippen molar-refractivity contribution < 1.29 is 0 Å². The molecule has 0 radical (unpaired) electrons. The van der Waals surface area contributed by atoms with Crippen molar-refractivity contribution >= 4 is 11.6 Å². The van der Waals surface area contributed by atoms with Gasteiger partial charge in [0.2, 0.25) is 0 Å². The van der Waals surface area contributed by atoms with Crippen molar-refractivity contribution in [3.63, 3.8) is 0 Å². The van der Waals surface area contributed by atoms with Crippen molar-refractivity contribution in [2.45, 2.75) is 25.9 Å². The van der Waals surface area contributed by atoms with E-state index in [1.807, 2.05) is 28.9 Å². The Balaban J connectivity index is 2.36. The molecule has 18 heavy (non-hydrogen) atoms. The van der Waals surface area contributed by atoms with E-state index in [-0.39, 0.29) is 6.04 Å². The molecule has 0 aliphatic heterocycles. The van der Waals surface area contributed by atoms with E-state index in [0.717, 1.165) is 24.2 Å². The van der Waals surface area contributed by atoms with Crippen LogP contribution in [-0.4, -0.2) is 15.0 Å². The van der Waals surface area contributed by atoms with E-state index >= 15 is 0 Å². The van der Waals surface area contributed by atoms with E-state index < -0.39 is 0 Å². The highest BCUT2D eigenvalue weighted by molar-refractivity contribution is 6.30. The quantitative estimate of drug-likeness (QED) is 0.640. The molecule has 3 N–H and O–H groups in total. The Morgan fingerprint density at radius 1 is 1.50 bits per heavy atom. The number of benzene rings is 1. The van der Waals surface area contributed by atoms with Gasteiger partial charge in [-0.25, -0.2) is 10.1 Å². The first-order valence-corrected chi connectivity index (χ1v) is 6.24. The number of nitrogens with one attached hydrogen (secondary N) is 1. The number of aryl methyl sites for hydroxylation is 1. The minimum atomic E-state index is -0.162. The maximum Gasteiger partial charge on any atom is 0.0895 e. The summed E-state index contributed by atoms with van der Waals surface area (Å²) >= 11 is 6.00. The summed E-state index contributed by atoms with van der Waals surface area (Å²) in [6.07, 6.45) is 2.71. The predicted octanol–water partition coefficient (Wildman–Crippen LogP) is 1.89. The fraction of sp³-hybridized carbons (Fsp3) is 0.333. The topological polar surface area (TPSA) is 68.8 Å². The highest BCUT2D eigenvalue weighted by atomic mass is 35.5. The third kappa shape index (κ3) is 2.69. The second-order valence-corrected chi connectivity index (χ2v) is 4.47.